The van der Waals surface area contributed by atoms with Gasteiger partial charge in [-0.3, -0.25) is 4.79 Å². The third kappa shape index (κ3) is 7.95. The van der Waals surface area contributed by atoms with Crippen LogP contribution in [0, 0.1) is 0 Å². The lowest BCUT2D eigenvalue weighted by Crippen LogP contribution is -2.47. The standard InChI is InChI=1S/C28H30N2O6/c1-35-27(33)26(25(21-13-7-3-8-14-21)22-15-9-4-10-16-22)30-24(32)17-23(31)18-29-28(34)36-19-20-11-5-2-6-12-20/h2-16,23,25-26,31H,17-19H2,1H3,(H,29,34)(H,30,32)/t23-,26-/m0/s1. The molecule has 8 nitrogen and oxygen atoms in total. The number of aliphatic hydroxyl groups excluding tert-OH is 1. The van der Waals surface area contributed by atoms with Gasteiger partial charge in [-0.2, -0.15) is 0 Å². The highest BCUT2D eigenvalue weighted by molar-refractivity contribution is 5.86. The van der Waals surface area contributed by atoms with Gasteiger partial charge in [-0.15, -0.1) is 0 Å². The van der Waals surface area contributed by atoms with Crippen molar-refractivity contribution < 1.29 is 29.0 Å². The fraction of sp³-hybridized carbons (Fsp3) is 0.250. The molecule has 0 saturated heterocycles. The van der Waals surface area contributed by atoms with E-state index >= 15 is 0 Å². The van der Waals surface area contributed by atoms with Crippen molar-refractivity contribution in [2.75, 3.05) is 13.7 Å². The molecule has 0 aromatic heterocycles. The van der Waals surface area contributed by atoms with Crippen LogP contribution in [0.4, 0.5) is 4.79 Å². The molecule has 0 aliphatic heterocycles. The quantitative estimate of drug-likeness (QED) is 0.356. The summed E-state index contributed by atoms with van der Waals surface area (Å²) in [5.74, 6) is -1.68. The number of nitrogens with one attached hydrogen (secondary N) is 2. The zero-order valence-corrected chi connectivity index (χ0v) is 20.0. The summed E-state index contributed by atoms with van der Waals surface area (Å²) in [4.78, 5) is 37.4. The zero-order chi connectivity index (χ0) is 25.8. The number of hydrogen-bond donors (Lipinski definition) is 3. The van der Waals surface area contributed by atoms with Crippen LogP contribution in [-0.4, -0.2) is 48.9 Å². The van der Waals surface area contributed by atoms with Crippen molar-refractivity contribution in [2.45, 2.75) is 31.1 Å². The van der Waals surface area contributed by atoms with Gasteiger partial charge in [0.1, 0.15) is 12.6 Å². The van der Waals surface area contributed by atoms with Crippen LogP contribution in [-0.2, 0) is 25.7 Å². The Morgan fingerprint density at radius 1 is 0.833 bits per heavy atom. The zero-order valence-electron chi connectivity index (χ0n) is 20.0. The topological polar surface area (TPSA) is 114 Å². The Morgan fingerprint density at radius 2 is 1.36 bits per heavy atom. The van der Waals surface area contributed by atoms with Crippen molar-refractivity contribution in [3.8, 4) is 0 Å². The molecule has 3 N–H and O–H groups in total. The minimum absolute atomic E-state index is 0.0877. The molecular formula is C28H30N2O6. The molecule has 0 unspecified atom stereocenters. The summed E-state index contributed by atoms with van der Waals surface area (Å²) in [6.45, 7) is -0.102. The molecular weight excluding hydrogens is 460 g/mol. The van der Waals surface area contributed by atoms with E-state index in [1.54, 1.807) is 0 Å². The molecule has 8 heteroatoms. The maximum Gasteiger partial charge on any atom is 0.407 e. The summed E-state index contributed by atoms with van der Waals surface area (Å²) < 4.78 is 10.1. The van der Waals surface area contributed by atoms with E-state index in [2.05, 4.69) is 10.6 Å². The Kier molecular flexibility index (Phi) is 10.0. The van der Waals surface area contributed by atoms with E-state index in [9.17, 15) is 19.5 Å². The van der Waals surface area contributed by atoms with Gasteiger partial charge in [0.15, 0.2) is 0 Å². The van der Waals surface area contributed by atoms with E-state index in [0.29, 0.717) is 0 Å². The van der Waals surface area contributed by atoms with Gasteiger partial charge in [0.2, 0.25) is 5.91 Å². The molecule has 3 aromatic rings. The van der Waals surface area contributed by atoms with E-state index in [4.69, 9.17) is 9.47 Å². The summed E-state index contributed by atoms with van der Waals surface area (Å²) in [6, 6.07) is 26.8. The minimum Gasteiger partial charge on any atom is -0.467 e. The summed E-state index contributed by atoms with van der Waals surface area (Å²) in [6.07, 6.45) is -2.22. The number of carbonyl (C=O) groups excluding carboxylic acids is 3. The minimum atomic E-state index is -1.18. The van der Waals surface area contributed by atoms with Crippen molar-refractivity contribution in [1.29, 1.82) is 0 Å². The Morgan fingerprint density at radius 3 is 1.89 bits per heavy atom. The molecule has 2 amide bonds. The maximum atomic E-state index is 12.8. The lowest BCUT2D eigenvalue weighted by molar-refractivity contribution is -0.145. The molecule has 0 aliphatic rings. The van der Waals surface area contributed by atoms with Crippen molar-refractivity contribution in [3.05, 3.63) is 108 Å². The molecule has 0 aliphatic carbocycles. The average molecular weight is 491 g/mol. The van der Waals surface area contributed by atoms with Crippen LogP contribution in [0.1, 0.15) is 29.0 Å². The van der Waals surface area contributed by atoms with Crippen LogP contribution in [0.15, 0.2) is 91.0 Å². The Bertz CT molecular complexity index is 1070. The molecule has 0 heterocycles. The number of methoxy groups -OCH3 is 1. The largest absolute Gasteiger partial charge is 0.467 e. The van der Waals surface area contributed by atoms with Gasteiger partial charge in [-0.1, -0.05) is 91.0 Å². The summed E-state index contributed by atoms with van der Waals surface area (Å²) in [7, 11) is 1.26. The van der Waals surface area contributed by atoms with Gasteiger partial charge < -0.3 is 25.2 Å². The normalized spacial score (nSPS) is 12.3. The van der Waals surface area contributed by atoms with Gasteiger partial charge in [-0.25, -0.2) is 9.59 Å². The molecule has 0 bridgehead atoms. The molecule has 0 spiro atoms. The predicted molar refractivity (Wildman–Crippen MR) is 134 cm³/mol. The number of rotatable bonds is 11. The molecule has 36 heavy (non-hydrogen) atoms. The highest BCUT2D eigenvalue weighted by Crippen LogP contribution is 2.29. The highest BCUT2D eigenvalue weighted by atomic mass is 16.5. The highest BCUT2D eigenvalue weighted by Gasteiger charge is 2.33. The first kappa shape index (κ1) is 26.4. The van der Waals surface area contributed by atoms with E-state index in [-0.39, 0.29) is 19.6 Å². The smallest absolute Gasteiger partial charge is 0.407 e. The molecule has 0 saturated carbocycles. The lowest BCUT2D eigenvalue weighted by atomic mass is 9.85. The molecule has 188 valence electrons. The van der Waals surface area contributed by atoms with E-state index in [1.165, 1.54) is 7.11 Å². The van der Waals surface area contributed by atoms with Gasteiger partial charge in [0.05, 0.1) is 19.6 Å². The molecule has 2 atom stereocenters. The average Bonchev–Trinajstić information content (AvgIpc) is 2.91. The first-order valence-electron chi connectivity index (χ1n) is 11.6. The van der Waals surface area contributed by atoms with Crippen molar-refractivity contribution in [3.63, 3.8) is 0 Å². The van der Waals surface area contributed by atoms with Gasteiger partial charge in [0.25, 0.3) is 0 Å². The van der Waals surface area contributed by atoms with E-state index in [1.807, 2.05) is 91.0 Å². The number of alkyl carbamates (subject to hydrolysis) is 1. The van der Waals surface area contributed by atoms with Crippen LogP contribution in [0.25, 0.3) is 0 Å². The van der Waals surface area contributed by atoms with Crippen LogP contribution >= 0.6 is 0 Å². The number of ether oxygens (including phenoxy) is 2. The number of esters is 1. The van der Waals surface area contributed by atoms with E-state index < -0.39 is 36.0 Å². The molecule has 0 radical (unpaired) electrons. The van der Waals surface area contributed by atoms with Crippen LogP contribution in [0.2, 0.25) is 0 Å². The van der Waals surface area contributed by atoms with Gasteiger partial charge in [-0.05, 0) is 16.7 Å². The van der Waals surface area contributed by atoms with Gasteiger partial charge >= 0.3 is 12.1 Å². The SMILES string of the molecule is COC(=O)[C@@H](NC(=O)C[C@H](O)CNC(=O)OCc1ccccc1)C(c1ccccc1)c1ccccc1. The van der Waals surface area contributed by atoms with Gasteiger partial charge in [0, 0.05) is 12.5 Å². The lowest BCUT2D eigenvalue weighted by Gasteiger charge is -2.27. The number of benzene rings is 3. The van der Waals surface area contributed by atoms with Crippen LogP contribution in [0.5, 0.6) is 0 Å². The number of carbonyl (C=O) groups is 3. The fourth-order valence-corrected chi connectivity index (χ4v) is 3.80. The third-order valence-corrected chi connectivity index (χ3v) is 5.54. The second-order valence-electron chi connectivity index (χ2n) is 8.17. The van der Waals surface area contributed by atoms with Crippen molar-refractivity contribution >= 4 is 18.0 Å². The monoisotopic (exact) mass is 490 g/mol. The van der Waals surface area contributed by atoms with Crippen molar-refractivity contribution in [2.24, 2.45) is 0 Å². The number of hydrogen-bond acceptors (Lipinski definition) is 6. The number of amides is 2. The summed E-state index contributed by atoms with van der Waals surface area (Å²) >= 11 is 0. The number of aliphatic hydroxyl groups is 1. The summed E-state index contributed by atoms with van der Waals surface area (Å²) in [5, 5.41) is 15.4. The summed E-state index contributed by atoms with van der Waals surface area (Å²) in [5.41, 5.74) is 2.47. The predicted octanol–water partition coefficient (Wildman–Crippen LogP) is 3.15. The Hall–Kier alpha value is -4.17. The third-order valence-electron chi connectivity index (χ3n) is 5.54. The van der Waals surface area contributed by atoms with E-state index in [0.717, 1.165) is 16.7 Å². The first-order valence-corrected chi connectivity index (χ1v) is 11.6. The molecule has 0 fully saturated rings. The Balaban J connectivity index is 1.60. The van der Waals surface area contributed by atoms with Crippen LogP contribution < -0.4 is 10.6 Å². The second-order valence-corrected chi connectivity index (χ2v) is 8.17. The Labute approximate surface area is 210 Å². The maximum absolute atomic E-state index is 12.8. The van der Waals surface area contributed by atoms with Crippen LogP contribution in [0.3, 0.4) is 0 Å². The fourth-order valence-electron chi connectivity index (χ4n) is 3.80. The second kappa shape index (κ2) is 13.7. The first-order chi connectivity index (χ1) is 17.5. The molecule has 3 aromatic carbocycles. The molecule has 3 rings (SSSR count). The van der Waals surface area contributed by atoms with Crippen molar-refractivity contribution in [1.82, 2.24) is 10.6 Å².